The molecule has 13 heavy (non-hydrogen) atoms. The molecule has 1 rings (SSSR count). The van der Waals surface area contributed by atoms with Crippen molar-refractivity contribution in [1.82, 2.24) is 15.1 Å². The fraction of sp³-hybridized carbons (Fsp3) is 0.667. The zero-order valence-corrected chi connectivity index (χ0v) is 9.10. The molecule has 1 N–H and O–H groups in total. The summed E-state index contributed by atoms with van der Waals surface area (Å²) in [7, 11) is 0. The van der Waals surface area contributed by atoms with Crippen LogP contribution in [0.4, 0.5) is 0 Å². The summed E-state index contributed by atoms with van der Waals surface area (Å²) in [5.74, 6) is 0. The maximum Gasteiger partial charge on any atom is 0.0814 e. The van der Waals surface area contributed by atoms with Gasteiger partial charge < -0.3 is 5.32 Å². The quantitative estimate of drug-likeness (QED) is 0.806. The van der Waals surface area contributed by atoms with Gasteiger partial charge in [-0.2, -0.15) is 5.10 Å². The summed E-state index contributed by atoms with van der Waals surface area (Å²) in [6.45, 7) is 8.03. The molecule has 3 nitrogen and oxygen atoms in total. The van der Waals surface area contributed by atoms with E-state index in [-0.39, 0.29) is 0 Å². The van der Waals surface area contributed by atoms with Gasteiger partial charge in [0.2, 0.25) is 0 Å². The molecule has 0 saturated carbocycles. The first kappa shape index (κ1) is 10.5. The van der Waals surface area contributed by atoms with E-state index in [0.717, 1.165) is 23.8 Å². The van der Waals surface area contributed by atoms with Gasteiger partial charge in [-0.25, -0.2) is 0 Å². The molecular weight excluding hydrogens is 186 g/mol. The lowest BCUT2D eigenvalue weighted by Crippen LogP contribution is -2.27. The number of hydrogen-bond acceptors (Lipinski definition) is 2. The van der Waals surface area contributed by atoms with Crippen LogP contribution in [0, 0.1) is 6.92 Å². The third-order valence-electron chi connectivity index (χ3n) is 1.92. The number of rotatable bonds is 4. The topological polar surface area (TPSA) is 29.9 Å². The predicted molar refractivity (Wildman–Crippen MR) is 55.1 cm³/mol. The monoisotopic (exact) mass is 201 g/mol. The molecule has 0 aliphatic rings. The van der Waals surface area contributed by atoms with E-state index in [0.29, 0.717) is 6.04 Å². The van der Waals surface area contributed by atoms with Crippen LogP contribution in [0.15, 0.2) is 6.20 Å². The normalized spacial score (nSPS) is 11.2. The van der Waals surface area contributed by atoms with E-state index in [1.54, 1.807) is 6.20 Å². The second kappa shape index (κ2) is 4.63. The van der Waals surface area contributed by atoms with E-state index in [4.69, 9.17) is 11.6 Å². The number of halogens is 1. The molecule has 1 aromatic rings. The molecule has 0 saturated heterocycles. The molecule has 0 unspecified atom stereocenters. The molecule has 0 atom stereocenters. The molecule has 0 aliphatic heterocycles. The van der Waals surface area contributed by atoms with Crippen LogP contribution in [0.25, 0.3) is 0 Å². The standard InChI is InChI=1S/C9H16ClN3/c1-7(2)11-4-5-13-8(3)9(10)6-12-13/h6-7,11H,4-5H2,1-3H3. The van der Waals surface area contributed by atoms with Crippen LogP contribution in [0.5, 0.6) is 0 Å². The van der Waals surface area contributed by atoms with Gasteiger partial charge in [-0.1, -0.05) is 25.4 Å². The molecule has 1 heterocycles. The highest BCUT2D eigenvalue weighted by Gasteiger charge is 2.02. The first-order valence-electron chi connectivity index (χ1n) is 4.52. The van der Waals surface area contributed by atoms with Crippen molar-refractivity contribution in [2.45, 2.75) is 33.4 Å². The molecule has 0 aromatic carbocycles. The van der Waals surface area contributed by atoms with Gasteiger partial charge in [0, 0.05) is 12.6 Å². The Kier molecular flexibility index (Phi) is 3.75. The average Bonchev–Trinajstić information content (AvgIpc) is 2.35. The van der Waals surface area contributed by atoms with Crippen LogP contribution in [0.3, 0.4) is 0 Å². The summed E-state index contributed by atoms with van der Waals surface area (Å²) in [6.07, 6.45) is 1.69. The molecule has 4 heteroatoms. The van der Waals surface area contributed by atoms with Crippen molar-refractivity contribution in [2.24, 2.45) is 0 Å². The fourth-order valence-corrected chi connectivity index (χ4v) is 1.25. The number of aromatic nitrogens is 2. The highest BCUT2D eigenvalue weighted by molar-refractivity contribution is 6.31. The Morgan fingerprint density at radius 3 is 2.77 bits per heavy atom. The molecule has 74 valence electrons. The smallest absolute Gasteiger partial charge is 0.0814 e. The Morgan fingerprint density at radius 1 is 1.62 bits per heavy atom. The van der Waals surface area contributed by atoms with Crippen LogP contribution in [0.1, 0.15) is 19.5 Å². The van der Waals surface area contributed by atoms with Crippen molar-refractivity contribution in [3.05, 3.63) is 16.9 Å². The molecule has 0 radical (unpaired) electrons. The van der Waals surface area contributed by atoms with Gasteiger partial charge in [-0.3, -0.25) is 4.68 Å². The molecule has 0 fully saturated rings. The molecular formula is C9H16ClN3. The lowest BCUT2D eigenvalue weighted by atomic mass is 10.4. The average molecular weight is 202 g/mol. The van der Waals surface area contributed by atoms with Crippen molar-refractivity contribution in [1.29, 1.82) is 0 Å². The number of hydrogen-bond donors (Lipinski definition) is 1. The Hall–Kier alpha value is -0.540. The molecule has 0 aliphatic carbocycles. The third-order valence-corrected chi connectivity index (χ3v) is 2.29. The Balaban J connectivity index is 2.41. The number of nitrogens with zero attached hydrogens (tertiary/aromatic N) is 2. The Bertz CT molecular complexity index is 268. The summed E-state index contributed by atoms with van der Waals surface area (Å²) in [6, 6.07) is 0.520. The van der Waals surface area contributed by atoms with Crippen molar-refractivity contribution in [2.75, 3.05) is 6.54 Å². The summed E-state index contributed by atoms with van der Waals surface area (Å²) >= 11 is 5.87. The lowest BCUT2D eigenvalue weighted by Gasteiger charge is -2.08. The lowest BCUT2D eigenvalue weighted by molar-refractivity contribution is 0.509. The third kappa shape index (κ3) is 3.01. The summed E-state index contributed by atoms with van der Waals surface area (Å²) in [5, 5.41) is 8.22. The van der Waals surface area contributed by atoms with E-state index in [1.807, 2.05) is 11.6 Å². The molecule has 1 aromatic heterocycles. The van der Waals surface area contributed by atoms with Crippen molar-refractivity contribution in [3.8, 4) is 0 Å². The van der Waals surface area contributed by atoms with Crippen LogP contribution < -0.4 is 5.32 Å². The van der Waals surface area contributed by atoms with Crippen LogP contribution >= 0.6 is 11.6 Å². The van der Waals surface area contributed by atoms with Gasteiger partial charge in [0.1, 0.15) is 0 Å². The minimum atomic E-state index is 0.520. The van der Waals surface area contributed by atoms with Crippen molar-refractivity contribution in [3.63, 3.8) is 0 Å². The van der Waals surface area contributed by atoms with E-state index in [2.05, 4.69) is 24.3 Å². The van der Waals surface area contributed by atoms with Crippen molar-refractivity contribution < 1.29 is 0 Å². The highest BCUT2D eigenvalue weighted by atomic mass is 35.5. The van der Waals surface area contributed by atoms with Crippen LogP contribution in [-0.2, 0) is 6.54 Å². The van der Waals surface area contributed by atoms with Gasteiger partial charge >= 0.3 is 0 Å². The Morgan fingerprint density at radius 2 is 2.31 bits per heavy atom. The molecule has 0 bridgehead atoms. The minimum absolute atomic E-state index is 0.520. The number of nitrogens with one attached hydrogen (secondary N) is 1. The minimum Gasteiger partial charge on any atom is -0.313 e. The van der Waals surface area contributed by atoms with E-state index in [9.17, 15) is 0 Å². The predicted octanol–water partition coefficient (Wildman–Crippen LogP) is 1.84. The molecule has 0 spiro atoms. The second-order valence-electron chi connectivity index (χ2n) is 3.41. The van der Waals surface area contributed by atoms with E-state index in [1.165, 1.54) is 0 Å². The zero-order chi connectivity index (χ0) is 9.84. The summed E-state index contributed by atoms with van der Waals surface area (Å²) in [4.78, 5) is 0. The SMILES string of the molecule is Cc1c(Cl)cnn1CCNC(C)C. The van der Waals surface area contributed by atoms with Gasteiger partial charge in [0.15, 0.2) is 0 Å². The molecule has 0 amide bonds. The van der Waals surface area contributed by atoms with Gasteiger partial charge in [-0.15, -0.1) is 0 Å². The van der Waals surface area contributed by atoms with Crippen LogP contribution in [-0.4, -0.2) is 22.4 Å². The first-order chi connectivity index (χ1) is 6.11. The maximum atomic E-state index is 5.87. The zero-order valence-electron chi connectivity index (χ0n) is 8.34. The van der Waals surface area contributed by atoms with Gasteiger partial charge in [-0.05, 0) is 6.92 Å². The Labute approximate surface area is 84.1 Å². The van der Waals surface area contributed by atoms with Gasteiger partial charge in [0.25, 0.3) is 0 Å². The second-order valence-corrected chi connectivity index (χ2v) is 3.82. The van der Waals surface area contributed by atoms with E-state index >= 15 is 0 Å². The van der Waals surface area contributed by atoms with Crippen molar-refractivity contribution >= 4 is 11.6 Å². The maximum absolute atomic E-state index is 5.87. The highest BCUT2D eigenvalue weighted by Crippen LogP contribution is 2.12. The van der Waals surface area contributed by atoms with Gasteiger partial charge in [0.05, 0.1) is 23.5 Å². The summed E-state index contributed by atoms with van der Waals surface area (Å²) < 4.78 is 1.91. The first-order valence-corrected chi connectivity index (χ1v) is 4.90. The summed E-state index contributed by atoms with van der Waals surface area (Å²) in [5.41, 5.74) is 1.03. The van der Waals surface area contributed by atoms with E-state index < -0.39 is 0 Å². The van der Waals surface area contributed by atoms with Crippen LogP contribution in [0.2, 0.25) is 5.02 Å². The largest absolute Gasteiger partial charge is 0.313 e. The fourth-order valence-electron chi connectivity index (χ4n) is 1.11.